The second kappa shape index (κ2) is 8.00. The van der Waals surface area contributed by atoms with Crippen molar-refractivity contribution in [2.24, 2.45) is 0 Å². The maximum Gasteiger partial charge on any atom is 0.263 e. The normalized spacial score (nSPS) is 10.9. The van der Waals surface area contributed by atoms with Gasteiger partial charge in [-0.15, -0.1) is 11.3 Å². The van der Waals surface area contributed by atoms with Crippen molar-refractivity contribution in [3.05, 3.63) is 35.1 Å². The van der Waals surface area contributed by atoms with Crippen LogP contribution >= 0.6 is 11.3 Å². The van der Waals surface area contributed by atoms with Crippen LogP contribution in [0.2, 0.25) is 0 Å². The highest BCUT2D eigenvalue weighted by Gasteiger charge is 2.16. The summed E-state index contributed by atoms with van der Waals surface area (Å²) < 4.78 is 0. The van der Waals surface area contributed by atoms with Gasteiger partial charge < -0.3 is 10.2 Å². The van der Waals surface area contributed by atoms with Gasteiger partial charge in [-0.1, -0.05) is 13.8 Å². The average Bonchev–Trinajstić information content (AvgIpc) is 2.94. The predicted molar refractivity (Wildman–Crippen MR) is 90.2 cm³/mol. The first-order chi connectivity index (χ1) is 10.7. The predicted octanol–water partition coefficient (Wildman–Crippen LogP) is 2.59. The number of hydrogen-bond donors (Lipinski definition) is 1. The molecular weight excluding hydrogens is 296 g/mol. The third-order valence-electron chi connectivity index (χ3n) is 3.54. The summed E-state index contributed by atoms with van der Waals surface area (Å²) in [7, 11) is 0. The minimum atomic E-state index is -0.0394. The van der Waals surface area contributed by atoms with Crippen molar-refractivity contribution >= 4 is 17.2 Å². The van der Waals surface area contributed by atoms with Gasteiger partial charge in [0.2, 0.25) is 0 Å². The molecule has 0 saturated carbocycles. The third-order valence-corrected chi connectivity index (χ3v) is 4.74. The monoisotopic (exact) mass is 318 g/mol. The van der Waals surface area contributed by atoms with Gasteiger partial charge in [-0.2, -0.15) is 0 Å². The minimum Gasteiger partial charge on any atom is -0.350 e. The molecule has 0 aliphatic rings. The highest BCUT2D eigenvalue weighted by atomic mass is 32.1. The lowest BCUT2D eigenvalue weighted by atomic mass is 10.3. The van der Waals surface area contributed by atoms with E-state index >= 15 is 0 Å². The fourth-order valence-corrected chi connectivity index (χ4v) is 3.16. The molecule has 6 heteroatoms. The quantitative estimate of drug-likeness (QED) is 0.852. The highest BCUT2D eigenvalue weighted by Crippen LogP contribution is 2.27. The van der Waals surface area contributed by atoms with Gasteiger partial charge in [0.25, 0.3) is 5.91 Å². The highest BCUT2D eigenvalue weighted by molar-refractivity contribution is 7.17. The number of nitrogens with one attached hydrogen (secondary N) is 1. The van der Waals surface area contributed by atoms with Crippen molar-refractivity contribution < 1.29 is 4.79 Å². The minimum absolute atomic E-state index is 0.0394. The molecule has 0 atom stereocenters. The van der Waals surface area contributed by atoms with E-state index in [0.29, 0.717) is 11.4 Å². The van der Waals surface area contributed by atoms with Crippen molar-refractivity contribution in [3.63, 3.8) is 0 Å². The summed E-state index contributed by atoms with van der Waals surface area (Å²) in [5, 5.41) is 3.84. The van der Waals surface area contributed by atoms with Crippen LogP contribution in [0.25, 0.3) is 10.6 Å². The van der Waals surface area contributed by atoms with E-state index in [1.807, 2.05) is 19.1 Å². The van der Waals surface area contributed by atoms with Gasteiger partial charge in [-0.05, 0) is 32.1 Å². The molecule has 118 valence electrons. The van der Waals surface area contributed by atoms with Gasteiger partial charge in [0.1, 0.15) is 9.88 Å². The summed E-state index contributed by atoms with van der Waals surface area (Å²) in [5.74, 6) is -0.0394. The van der Waals surface area contributed by atoms with Gasteiger partial charge >= 0.3 is 0 Å². The third kappa shape index (κ3) is 4.11. The molecule has 1 N–H and O–H groups in total. The van der Waals surface area contributed by atoms with Gasteiger partial charge in [0.05, 0.1) is 5.69 Å². The average molecular weight is 318 g/mol. The maximum absolute atomic E-state index is 12.3. The van der Waals surface area contributed by atoms with E-state index in [1.165, 1.54) is 11.3 Å². The lowest BCUT2D eigenvalue weighted by molar-refractivity contribution is 0.0952. The number of amides is 1. The van der Waals surface area contributed by atoms with Crippen molar-refractivity contribution in [2.75, 3.05) is 26.2 Å². The molecule has 0 unspecified atom stereocenters. The molecule has 22 heavy (non-hydrogen) atoms. The number of carbonyl (C=O) groups excluding carboxylic acids is 1. The summed E-state index contributed by atoms with van der Waals surface area (Å²) >= 11 is 1.43. The summed E-state index contributed by atoms with van der Waals surface area (Å²) in [6.45, 7) is 9.65. The second-order valence-corrected chi connectivity index (χ2v) is 5.95. The van der Waals surface area contributed by atoms with E-state index in [1.54, 1.807) is 12.4 Å². The van der Waals surface area contributed by atoms with Crippen LogP contribution in [0.5, 0.6) is 0 Å². The van der Waals surface area contributed by atoms with E-state index in [0.717, 1.165) is 35.9 Å². The van der Waals surface area contributed by atoms with Gasteiger partial charge in [-0.3, -0.25) is 9.78 Å². The largest absolute Gasteiger partial charge is 0.350 e. The van der Waals surface area contributed by atoms with E-state index in [-0.39, 0.29) is 5.91 Å². The number of likely N-dealkylation sites (N-methyl/N-ethyl adjacent to an activating group) is 1. The molecule has 1 amide bonds. The first kappa shape index (κ1) is 16.6. The Labute approximate surface area is 135 Å². The molecule has 2 rings (SSSR count). The number of aryl methyl sites for hydroxylation is 1. The Morgan fingerprint density at radius 2 is 1.95 bits per heavy atom. The molecule has 0 radical (unpaired) electrons. The Hall–Kier alpha value is -1.79. The fraction of sp³-hybridized carbons (Fsp3) is 0.438. The van der Waals surface area contributed by atoms with Crippen LogP contribution < -0.4 is 5.32 Å². The first-order valence-electron chi connectivity index (χ1n) is 7.54. The van der Waals surface area contributed by atoms with Crippen molar-refractivity contribution in [3.8, 4) is 10.6 Å². The maximum atomic E-state index is 12.3. The molecule has 0 aromatic carbocycles. The van der Waals surface area contributed by atoms with Crippen LogP contribution in [0.15, 0.2) is 24.5 Å². The number of pyridine rings is 1. The molecule has 0 aliphatic heterocycles. The Morgan fingerprint density at radius 3 is 2.59 bits per heavy atom. The fourth-order valence-electron chi connectivity index (χ4n) is 2.17. The van der Waals surface area contributed by atoms with E-state index in [9.17, 15) is 4.79 Å². The molecule has 0 spiro atoms. The zero-order valence-electron chi connectivity index (χ0n) is 13.3. The molecule has 2 heterocycles. The molecule has 2 aromatic heterocycles. The topological polar surface area (TPSA) is 58.1 Å². The summed E-state index contributed by atoms with van der Waals surface area (Å²) in [6, 6.07) is 3.81. The zero-order valence-corrected chi connectivity index (χ0v) is 14.1. The molecule has 0 saturated heterocycles. The van der Waals surface area contributed by atoms with Crippen LogP contribution in [0.4, 0.5) is 0 Å². The van der Waals surface area contributed by atoms with Crippen LogP contribution in [-0.2, 0) is 0 Å². The number of hydrogen-bond acceptors (Lipinski definition) is 5. The van der Waals surface area contributed by atoms with Gasteiger partial charge in [-0.25, -0.2) is 4.98 Å². The second-order valence-electron chi connectivity index (χ2n) is 4.95. The Bertz CT molecular complexity index is 608. The smallest absolute Gasteiger partial charge is 0.263 e. The number of carbonyl (C=O) groups is 1. The molecule has 0 bridgehead atoms. The molecule has 5 nitrogen and oxygen atoms in total. The van der Waals surface area contributed by atoms with Crippen LogP contribution in [0.3, 0.4) is 0 Å². The van der Waals surface area contributed by atoms with Gasteiger partial charge in [0, 0.05) is 31.0 Å². The van der Waals surface area contributed by atoms with E-state index in [4.69, 9.17) is 0 Å². The first-order valence-corrected chi connectivity index (χ1v) is 8.35. The van der Waals surface area contributed by atoms with Crippen LogP contribution in [0, 0.1) is 6.92 Å². The summed E-state index contributed by atoms with van der Waals surface area (Å²) in [6.07, 6.45) is 3.46. The molecular formula is C16H22N4OS. The summed E-state index contributed by atoms with van der Waals surface area (Å²) in [5.41, 5.74) is 1.77. The number of aromatic nitrogens is 2. The standard InChI is InChI=1S/C16H22N4OS/c1-4-20(5-2)11-10-18-15(21)14-12(3)19-16(22-14)13-6-8-17-9-7-13/h6-9H,4-5,10-11H2,1-3H3,(H,18,21). The van der Waals surface area contributed by atoms with E-state index in [2.05, 4.69) is 34.0 Å². The van der Waals surface area contributed by atoms with Crippen molar-refractivity contribution in [1.82, 2.24) is 20.2 Å². The van der Waals surface area contributed by atoms with Crippen LogP contribution in [0.1, 0.15) is 29.2 Å². The molecule has 0 aliphatic carbocycles. The Morgan fingerprint density at radius 1 is 1.27 bits per heavy atom. The Kier molecular flexibility index (Phi) is 6.03. The number of thiazole rings is 1. The van der Waals surface area contributed by atoms with Crippen molar-refractivity contribution in [1.29, 1.82) is 0 Å². The number of nitrogens with zero attached hydrogens (tertiary/aromatic N) is 3. The zero-order chi connectivity index (χ0) is 15.9. The molecule has 0 fully saturated rings. The SMILES string of the molecule is CCN(CC)CCNC(=O)c1sc(-c2ccncc2)nc1C. The Balaban J connectivity index is 2.00. The summed E-state index contributed by atoms with van der Waals surface area (Å²) in [4.78, 5) is 23.8. The lowest BCUT2D eigenvalue weighted by Gasteiger charge is -2.17. The number of rotatable bonds is 7. The van der Waals surface area contributed by atoms with Gasteiger partial charge in [0.15, 0.2) is 0 Å². The van der Waals surface area contributed by atoms with Crippen LogP contribution in [-0.4, -0.2) is 47.0 Å². The molecule has 2 aromatic rings. The van der Waals surface area contributed by atoms with Crippen molar-refractivity contribution in [2.45, 2.75) is 20.8 Å². The lowest BCUT2D eigenvalue weighted by Crippen LogP contribution is -2.34. The van der Waals surface area contributed by atoms with E-state index < -0.39 is 0 Å².